The van der Waals surface area contributed by atoms with Gasteiger partial charge in [-0.3, -0.25) is 5.32 Å². The Morgan fingerprint density at radius 3 is 2.57 bits per heavy atom. The van der Waals surface area contributed by atoms with Crippen molar-refractivity contribution in [3.05, 3.63) is 33.8 Å². The van der Waals surface area contributed by atoms with Crippen LogP contribution in [0.25, 0.3) is 0 Å². The van der Waals surface area contributed by atoms with Gasteiger partial charge in [0.05, 0.1) is 17.2 Å². The lowest BCUT2D eigenvalue weighted by molar-refractivity contribution is -0.148. The van der Waals surface area contributed by atoms with Crippen LogP contribution in [0.5, 0.6) is 0 Å². The van der Waals surface area contributed by atoms with Crippen LogP contribution < -0.4 is 5.32 Å². The summed E-state index contributed by atoms with van der Waals surface area (Å²) in [5.74, 6) is -0.350. The Balaban J connectivity index is 2.36. The molecule has 5 heteroatoms. The van der Waals surface area contributed by atoms with Gasteiger partial charge in [-0.1, -0.05) is 54.6 Å². The highest BCUT2D eigenvalue weighted by molar-refractivity contribution is 6.42. The maximum Gasteiger partial charge on any atom is 0.330 e. The van der Waals surface area contributed by atoms with E-state index >= 15 is 0 Å². The van der Waals surface area contributed by atoms with E-state index in [2.05, 4.69) is 5.32 Å². The van der Waals surface area contributed by atoms with E-state index in [1.165, 1.54) is 26.4 Å². The predicted molar refractivity (Wildman–Crippen MR) is 85.8 cm³/mol. The van der Waals surface area contributed by atoms with E-state index in [1.807, 2.05) is 13.0 Å². The lowest BCUT2D eigenvalue weighted by Crippen LogP contribution is -2.52. The number of carbonyl (C=O) groups is 1. The number of esters is 1. The van der Waals surface area contributed by atoms with Crippen LogP contribution in [-0.2, 0) is 15.1 Å². The van der Waals surface area contributed by atoms with E-state index < -0.39 is 5.54 Å². The van der Waals surface area contributed by atoms with Crippen LogP contribution in [0.1, 0.15) is 44.6 Å². The third kappa shape index (κ3) is 3.53. The fourth-order valence-corrected chi connectivity index (χ4v) is 3.49. The Labute approximate surface area is 136 Å². The molecule has 1 aromatic carbocycles. The molecule has 0 heterocycles. The van der Waals surface area contributed by atoms with Gasteiger partial charge >= 0.3 is 5.97 Å². The van der Waals surface area contributed by atoms with Crippen LogP contribution in [0.3, 0.4) is 0 Å². The summed E-state index contributed by atoms with van der Waals surface area (Å²) in [4.78, 5) is 12.4. The van der Waals surface area contributed by atoms with Crippen molar-refractivity contribution in [1.82, 2.24) is 5.32 Å². The molecule has 0 amide bonds. The summed E-state index contributed by atoms with van der Waals surface area (Å²) >= 11 is 12.4. The smallest absolute Gasteiger partial charge is 0.330 e. The predicted octanol–water partition coefficient (Wildman–Crippen LogP) is 4.30. The molecule has 0 aliphatic heterocycles. The Kier molecular flexibility index (Phi) is 5.53. The molecule has 0 aromatic heterocycles. The largest absolute Gasteiger partial charge is 0.467 e. The highest BCUT2D eigenvalue weighted by Gasteiger charge is 2.40. The first-order valence-electron chi connectivity index (χ1n) is 7.29. The molecule has 0 spiro atoms. The van der Waals surface area contributed by atoms with E-state index in [0.29, 0.717) is 15.6 Å². The monoisotopic (exact) mass is 329 g/mol. The first-order valence-corrected chi connectivity index (χ1v) is 8.05. The summed E-state index contributed by atoms with van der Waals surface area (Å²) in [6.45, 7) is 1.81. The lowest BCUT2D eigenvalue weighted by atomic mass is 9.87. The van der Waals surface area contributed by atoms with Gasteiger partial charge in [0, 0.05) is 11.6 Å². The Bertz CT molecular complexity index is 515. The van der Waals surface area contributed by atoms with Crippen molar-refractivity contribution in [2.75, 3.05) is 7.11 Å². The number of hydrogen-bond acceptors (Lipinski definition) is 3. The van der Waals surface area contributed by atoms with Crippen molar-refractivity contribution in [2.45, 2.75) is 50.6 Å². The van der Waals surface area contributed by atoms with Gasteiger partial charge in [0.25, 0.3) is 0 Å². The highest BCUT2D eigenvalue weighted by atomic mass is 35.5. The summed E-state index contributed by atoms with van der Waals surface area (Å²) in [6.07, 6.45) is 5.73. The Morgan fingerprint density at radius 2 is 1.95 bits per heavy atom. The Morgan fingerprint density at radius 1 is 1.29 bits per heavy atom. The first kappa shape index (κ1) is 16.6. The minimum atomic E-state index is -0.987. The van der Waals surface area contributed by atoms with E-state index in [-0.39, 0.29) is 12.0 Å². The van der Waals surface area contributed by atoms with Crippen molar-refractivity contribution in [2.24, 2.45) is 0 Å². The molecule has 1 fully saturated rings. The van der Waals surface area contributed by atoms with Gasteiger partial charge in [-0.05, 0) is 25.8 Å². The number of carbonyl (C=O) groups excluding carboxylic acids is 1. The molecule has 3 nitrogen and oxygen atoms in total. The van der Waals surface area contributed by atoms with E-state index in [0.717, 1.165) is 12.8 Å². The second-order valence-electron chi connectivity index (χ2n) is 5.70. The molecule has 2 rings (SSSR count). The molecular weight excluding hydrogens is 309 g/mol. The van der Waals surface area contributed by atoms with E-state index in [9.17, 15) is 4.79 Å². The standard InChI is InChI=1S/C16H21Cl2NO2/c1-16(15(20)21-2,19-11-7-4-3-5-8-11)12-9-6-10-13(17)14(12)18/h6,9-11,19H,3-5,7-8H2,1-2H3. The van der Waals surface area contributed by atoms with Gasteiger partial charge in [0.2, 0.25) is 0 Å². The SMILES string of the molecule is COC(=O)C(C)(NC1CCCCC1)c1cccc(Cl)c1Cl. The molecule has 1 aliphatic carbocycles. The summed E-state index contributed by atoms with van der Waals surface area (Å²) in [6, 6.07) is 5.62. The van der Waals surface area contributed by atoms with Crippen molar-refractivity contribution >= 4 is 29.2 Å². The molecule has 116 valence electrons. The summed E-state index contributed by atoms with van der Waals surface area (Å²) in [7, 11) is 1.39. The molecule has 1 saturated carbocycles. The zero-order valence-corrected chi connectivity index (χ0v) is 13.9. The lowest BCUT2D eigenvalue weighted by Gasteiger charge is -2.35. The second-order valence-corrected chi connectivity index (χ2v) is 6.48. The first-order chi connectivity index (χ1) is 9.99. The maximum atomic E-state index is 12.4. The molecule has 1 N–H and O–H groups in total. The zero-order chi connectivity index (χ0) is 15.5. The minimum absolute atomic E-state index is 0.290. The van der Waals surface area contributed by atoms with E-state index in [1.54, 1.807) is 12.1 Å². The van der Waals surface area contributed by atoms with Gasteiger partial charge in [-0.25, -0.2) is 4.79 Å². The molecule has 0 radical (unpaired) electrons. The van der Waals surface area contributed by atoms with Gasteiger partial charge in [-0.15, -0.1) is 0 Å². The zero-order valence-electron chi connectivity index (χ0n) is 12.4. The number of nitrogens with one attached hydrogen (secondary N) is 1. The van der Waals surface area contributed by atoms with Crippen LogP contribution >= 0.6 is 23.2 Å². The number of ether oxygens (including phenoxy) is 1. The third-order valence-electron chi connectivity index (χ3n) is 4.18. The van der Waals surface area contributed by atoms with Gasteiger partial charge < -0.3 is 4.74 Å². The molecule has 0 bridgehead atoms. The number of benzene rings is 1. The van der Waals surface area contributed by atoms with Crippen LogP contribution in [0.15, 0.2) is 18.2 Å². The number of rotatable bonds is 4. The molecule has 1 atom stereocenters. The van der Waals surface area contributed by atoms with Crippen molar-refractivity contribution in [3.8, 4) is 0 Å². The average Bonchev–Trinajstić information content (AvgIpc) is 2.50. The number of hydrogen-bond donors (Lipinski definition) is 1. The quantitative estimate of drug-likeness (QED) is 0.837. The number of methoxy groups -OCH3 is 1. The molecule has 1 aromatic rings. The summed E-state index contributed by atoms with van der Waals surface area (Å²) in [5.41, 5.74) is -0.326. The van der Waals surface area contributed by atoms with Crippen LogP contribution in [0, 0.1) is 0 Å². The second kappa shape index (κ2) is 6.99. The van der Waals surface area contributed by atoms with Crippen molar-refractivity contribution in [3.63, 3.8) is 0 Å². The van der Waals surface area contributed by atoms with Crippen LogP contribution in [0.4, 0.5) is 0 Å². The number of halogens is 2. The maximum absolute atomic E-state index is 12.4. The molecular formula is C16H21Cl2NO2. The molecule has 21 heavy (non-hydrogen) atoms. The van der Waals surface area contributed by atoms with Gasteiger partial charge in [0.15, 0.2) is 0 Å². The van der Waals surface area contributed by atoms with Gasteiger partial charge in [0.1, 0.15) is 5.54 Å². The fourth-order valence-electron chi connectivity index (χ4n) is 3.00. The van der Waals surface area contributed by atoms with Crippen molar-refractivity contribution < 1.29 is 9.53 Å². The van der Waals surface area contributed by atoms with Crippen LogP contribution in [-0.4, -0.2) is 19.1 Å². The van der Waals surface area contributed by atoms with E-state index in [4.69, 9.17) is 27.9 Å². The topological polar surface area (TPSA) is 38.3 Å². The molecule has 1 aliphatic rings. The van der Waals surface area contributed by atoms with Gasteiger partial charge in [-0.2, -0.15) is 0 Å². The normalized spacial score (nSPS) is 19.0. The molecule has 0 saturated heterocycles. The van der Waals surface area contributed by atoms with Crippen molar-refractivity contribution in [1.29, 1.82) is 0 Å². The Hall–Kier alpha value is -0.770. The molecule has 1 unspecified atom stereocenters. The minimum Gasteiger partial charge on any atom is -0.467 e. The highest BCUT2D eigenvalue weighted by Crippen LogP contribution is 2.35. The summed E-state index contributed by atoms with van der Waals surface area (Å²) in [5, 5.41) is 4.29. The summed E-state index contributed by atoms with van der Waals surface area (Å²) < 4.78 is 5.00. The third-order valence-corrected chi connectivity index (χ3v) is 5.00. The fraction of sp³-hybridized carbons (Fsp3) is 0.562. The average molecular weight is 330 g/mol. The van der Waals surface area contributed by atoms with Crippen LogP contribution in [0.2, 0.25) is 10.0 Å².